The summed E-state index contributed by atoms with van der Waals surface area (Å²) in [5.74, 6) is 0. The molecule has 0 fully saturated rings. The molecule has 1 N–H and O–H groups in total. The molecule has 2 aromatic rings. The Balaban J connectivity index is 2.29. The highest BCUT2D eigenvalue weighted by atomic mass is 32.2. The van der Waals surface area contributed by atoms with Crippen molar-refractivity contribution in [3.63, 3.8) is 0 Å². The third-order valence-electron chi connectivity index (χ3n) is 2.01. The van der Waals surface area contributed by atoms with Crippen LogP contribution >= 0.6 is 0 Å². The van der Waals surface area contributed by atoms with E-state index < -0.39 is 10.0 Å². The molecule has 1 radical (unpaired) electrons. The zero-order valence-corrected chi connectivity index (χ0v) is 9.24. The highest BCUT2D eigenvalue weighted by molar-refractivity contribution is 7.92. The van der Waals surface area contributed by atoms with Crippen molar-refractivity contribution in [1.29, 1.82) is 0 Å². The Labute approximate surface area is 94.8 Å². The quantitative estimate of drug-likeness (QED) is 0.882. The van der Waals surface area contributed by atoms with Gasteiger partial charge in [-0.1, -0.05) is 30.3 Å². The van der Waals surface area contributed by atoms with Crippen LogP contribution in [0.2, 0.25) is 0 Å². The van der Waals surface area contributed by atoms with E-state index in [0.29, 0.717) is 5.69 Å². The molecule has 0 aliphatic carbocycles. The van der Waals surface area contributed by atoms with Gasteiger partial charge in [0, 0.05) is 5.69 Å². The highest BCUT2D eigenvalue weighted by Gasteiger charge is 2.12. The van der Waals surface area contributed by atoms with Crippen LogP contribution in [0, 0.1) is 6.07 Å². The largest absolute Gasteiger partial charge is 0.280 e. The Morgan fingerprint density at radius 3 is 2.38 bits per heavy atom. The molecule has 0 amide bonds. The summed E-state index contributed by atoms with van der Waals surface area (Å²) in [7, 11) is -3.48. The van der Waals surface area contributed by atoms with Crippen molar-refractivity contribution < 1.29 is 8.42 Å². The van der Waals surface area contributed by atoms with Crippen molar-refractivity contribution >= 4 is 15.7 Å². The molecular formula is C12H10NO2S. The first-order valence-electron chi connectivity index (χ1n) is 4.72. The maximum Gasteiger partial charge on any atom is 0.261 e. The second-order valence-electron chi connectivity index (χ2n) is 3.21. The topological polar surface area (TPSA) is 46.2 Å². The number of hydrogen-bond donors (Lipinski definition) is 1. The first-order valence-corrected chi connectivity index (χ1v) is 6.21. The summed E-state index contributed by atoms with van der Waals surface area (Å²) in [6.45, 7) is 0. The molecule has 0 heterocycles. The van der Waals surface area contributed by atoms with Crippen molar-refractivity contribution in [2.75, 3.05) is 4.72 Å². The minimum atomic E-state index is -3.48. The first kappa shape index (κ1) is 10.7. The molecule has 0 spiro atoms. The molecule has 2 aromatic carbocycles. The summed E-state index contributed by atoms with van der Waals surface area (Å²) in [6, 6.07) is 17.7. The van der Waals surface area contributed by atoms with E-state index in [1.807, 2.05) is 0 Å². The molecule has 0 aliphatic heterocycles. The van der Waals surface area contributed by atoms with Crippen LogP contribution in [0.5, 0.6) is 0 Å². The number of rotatable bonds is 3. The fraction of sp³-hybridized carbons (Fsp3) is 0. The van der Waals surface area contributed by atoms with Crippen LogP contribution in [0.4, 0.5) is 5.69 Å². The lowest BCUT2D eigenvalue weighted by Crippen LogP contribution is -2.12. The third kappa shape index (κ3) is 2.41. The number of sulfonamides is 1. The Hall–Kier alpha value is -1.81. The Morgan fingerprint density at radius 1 is 1.00 bits per heavy atom. The molecule has 81 valence electrons. The van der Waals surface area contributed by atoms with E-state index in [2.05, 4.69) is 10.8 Å². The maximum absolute atomic E-state index is 11.9. The lowest BCUT2D eigenvalue weighted by molar-refractivity contribution is 0.601. The van der Waals surface area contributed by atoms with Crippen molar-refractivity contribution in [2.45, 2.75) is 4.90 Å². The SMILES string of the molecule is O=S(=O)(Nc1c[c]ccc1)c1ccccc1. The second-order valence-corrected chi connectivity index (χ2v) is 4.89. The highest BCUT2D eigenvalue weighted by Crippen LogP contribution is 2.14. The van der Waals surface area contributed by atoms with E-state index in [9.17, 15) is 8.42 Å². The van der Waals surface area contributed by atoms with Crippen molar-refractivity contribution in [2.24, 2.45) is 0 Å². The summed E-state index contributed by atoms with van der Waals surface area (Å²) in [6.07, 6.45) is 0. The summed E-state index contributed by atoms with van der Waals surface area (Å²) < 4.78 is 26.2. The van der Waals surface area contributed by atoms with Gasteiger partial charge < -0.3 is 0 Å². The van der Waals surface area contributed by atoms with E-state index in [4.69, 9.17) is 0 Å². The van der Waals surface area contributed by atoms with Crippen LogP contribution in [-0.4, -0.2) is 8.42 Å². The lowest BCUT2D eigenvalue weighted by atomic mass is 10.3. The summed E-state index contributed by atoms with van der Waals surface area (Å²) in [5, 5.41) is 0. The Bertz CT molecular complexity index is 550. The van der Waals surface area contributed by atoms with E-state index in [-0.39, 0.29) is 4.90 Å². The standard InChI is InChI=1S/C12H10NO2S/c14-16(15,12-9-5-2-6-10-12)13-11-7-3-1-4-8-11/h1-3,5-10,13H. The molecule has 0 saturated carbocycles. The van der Waals surface area contributed by atoms with Crippen molar-refractivity contribution in [1.82, 2.24) is 0 Å². The van der Waals surface area contributed by atoms with Crippen LogP contribution in [0.25, 0.3) is 0 Å². The molecule has 2 rings (SSSR count). The van der Waals surface area contributed by atoms with E-state index in [0.717, 1.165) is 0 Å². The summed E-state index contributed by atoms with van der Waals surface area (Å²) >= 11 is 0. The monoisotopic (exact) mass is 232 g/mol. The van der Waals surface area contributed by atoms with Crippen LogP contribution < -0.4 is 4.72 Å². The maximum atomic E-state index is 11.9. The van der Waals surface area contributed by atoms with Gasteiger partial charge in [0.1, 0.15) is 0 Å². The van der Waals surface area contributed by atoms with E-state index in [1.54, 1.807) is 54.6 Å². The Morgan fingerprint density at radius 2 is 1.75 bits per heavy atom. The smallest absolute Gasteiger partial charge is 0.261 e. The average molecular weight is 232 g/mol. The number of benzene rings is 2. The van der Waals surface area contributed by atoms with Gasteiger partial charge in [-0.05, 0) is 30.3 Å². The molecular weight excluding hydrogens is 222 g/mol. The number of anilines is 1. The predicted octanol–water partition coefficient (Wildman–Crippen LogP) is 2.29. The molecule has 4 heteroatoms. The zero-order chi connectivity index (χ0) is 11.4. The molecule has 0 aromatic heterocycles. The second kappa shape index (κ2) is 4.37. The first-order chi connectivity index (χ1) is 7.68. The average Bonchev–Trinajstić information content (AvgIpc) is 2.31. The molecule has 0 atom stereocenters. The zero-order valence-electron chi connectivity index (χ0n) is 8.42. The molecule has 0 saturated heterocycles. The van der Waals surface area contributed by atoms with Gasteiger partial charge in [-0.25, -0.2) is 8.42 Å². The normalized spacial score (nSPS) is 11.0. The van der Waals surface area contributed by atoms with Gasteiger partial charge in [-0.2, -0.15) is 0 Å². The van der Waals surface area contributed by atoms with Crippen molar-refractivity contribution in [3.8, 4) is 0 Å². The van der Waals surface area contributed by atoms with Gasteiger partial charge >= 0.3 is 0 Å². The molecule has 0 unspecified atom stereocenters. The predicted molar refractivity (Wildman–Crippen MR) is 62.5 cm³/mol. The lowest BCUT2D eigenvalue weighted by Gasteiger charge is -2.07. The fourth-order valence-electron chi connectivity index (χ4n) is 1.27. The minimum Gasteiger partial charge on any atom is -0.280 e. The van der Waals surface area contributed by atoms with Gasteiger partial charge in [-0.3, -0.25) is 4.72 Å². The summed E-state index contributed by atoms with van der Waals surface area (Å²) in [4.78, 5) is 0.249. The van der Waals surface area contributed by atoms with Crippen molar-refractivity contribution in [3.05, 3.63) is 60.7 Å². The van der Waals surface area contributed by atoms with Crippen LogP contribution in [0.3, 0.4) is 0 Å². The molecule has 0 aliphatic rings. The summed E-state index contributed by atoms with van der Waals surface area (Å²) in [5.41, 5.74) is 0.506. The van der Waals surface area contributed by atoms with Crippen LogP contribution in [0.1, 0.15) is 0 Å². The van der Waals surface area contributed by atoms with E-state index >= 15 is 0 Å². The van der Waals surface area contributed by atoms with Gasteiger partial charge in [0.15, 0.2) is 0 Å². The Kier molecular flexibility index (Phi) is 2.92. The number of nitrogens with one attached hydrogen (secondary N) is 1. The minimum absolute atomic E-state index is 0.249. The van der Waals surface area contributed by atoms with Gasteiger partial charge in [0.05, 0.1) is 4.90 Å². The van der Waals surface area contributed by atoms with Crippen LogP contribution in [-0.2, 0) is 10.0 Å². The van der Waals surface area contributed by atoms with Gasteiger partial charge in [-0.15, -0.1) is 0 Å². The van der Waals surface area contributed by atoms with Crippen LogP contribution in [0.15, 0.2) is 59.5 Å². The van der Waals surface area contributed by atoms with Gasteiger partial charge in [0.2, 0.25) is 0 Å². The molecule has 16 heavy (non-hydrogen) atoms. The third-order valence-corrected chi connectivity index (χ3v) is 3.41. The van der Waals surface area contributed by atoms with Gasteiger partial charge in [0.25, 0.3) is 10.0 Å². The van der Waals surface area contributed by atoms with E-state index in [1.165, 1.54) is 0 Å². The molecule has 3 nitrogen and oxygen atoms in total. The molecule has 0 bridgehead atoms. The number of hydrogen-bond acceptors (Lipinski definition) is 2. The fourth-order valence-corrected chi connectivity index (χ4v) is 2.34.